The minimum absolute atomic E-state index is 0.197. The van der Waals surface area contributed by atoms with Crippen molar-refractivity contribution < 1.29 is 40.6 Å². The van der Waals surface area contributed by atoms with Gasteiger partial charge in [0.2, 0.25) is 5.88 Å². The first-order chi connectivity index (χ1) is 11.0. The molecule has 134 valence electrons. The fraction of sp³-hybridized carbons (Fsp3) is 0.500. The van der Waals surface area contributed by atoms with E-state index in [9.17, 15) is 31.1 Å². The number of esters is 1. The maximum absolute atomic E-state index is 12.9. The highest BCUT2D eigenvalue weighted by Gasteiger charge is 2.45. The summed E-state index contributed by atoms with van der Waals surface area (Å²) in [4.78, 5) is 14.2. The molecular weight excluding hydrogens is 370 g/mol. The molecule has 0 amide bonds. The lowest BCUT2D eigenvalue weighted by molar-refractivity contribution is -0.190. The van der Waals surface area contributed by atoms with Crippen LogP contribution in [0.25, 0.3) is 0 Å². The van der Waals surface area contributed by atoms with Crippen LogP contribution < -0.4 is 14.8 Å². The van der Waals surface area contributed by atoms with Gasteiger partial charge in [0.15, 0.2) is 5.75 Å². The van der Waals surface area contributed by atoms with E-state index in [4.69, 9.17) is 16.3 Å². The van der Waals surface area contributed by atoms with E-state index in [0.717, 1.165) is 0 Å². The second kappa shape index (κ2) is 6.63. The summed E-state index contributed by atoms with van der Waals surface area (Å²) >= 11 is 5.64. The first-order valence-corrected chi connectivity index (χ1v) is 6.80. The van der Waals surface area contributed by atoms with E-state index in [1.807, 2.05) is 0 Å². The number of pyridine rings is 1. The van der Waals surface area contributed by atoms with Crippen LogP contribution >= 0.6 is 11.6 Å². The molecule has 24 heavy (non-hydrogen) atoms. The third-order valence-electron chi connectivity index (χ3n) is 2.97. The van der Waals surface area contributed by atoms with E-state index >= 15 is 0 Å². The highest BCUT2D eigenvalue weighted by Crippen LogP contribution is 2.44. The van der Waals surface area contributed by atoms with Crippen molar-refractivity contribution in [1.82, 2.24) is 10.3 Å². The summed E-state index contributed by atoms with van der Waals surface area (Å²) in [6, 6.07) is 0. The predicted octanol–water partition coefficient (Wildman–Crippen LogP) is 2.96. The Hall–Kier alpha value is -1.75. The molecule has 1 aromatic rings. The largest absolute Gasteiger partial charge is 0.491 e. The number of hydrogen-bond acceptors (Lipinski definition) is 5. The summed E-state index contributed by atoms with van der Waals surface area (Å²) in [5.41, 5.74) is -1.72. The lowest BCUT2D eigenvalue weighted by atomic mass is 10.2. The standard InChI is InChI=1S/C12H9ClF6N2O3/c13-7-8(24-10(22)12(17,18)19)6(11(14,15)16)4-21-9(7)23-5-1-2-20-3-5/h4-5,20H,1-3H2. The van der Waals surface area contributed by atoms with Crippen molar-refractivity contribution in [1.29, 1.82) is 0 Å². The second-order valence-electron chi connectivity index (χ2n) is 4.74. The Labute approximate surface area is 135 Å². The maximum atomic E-state index is 12.9. The van der Waals surface area contributed by atoms with E-state index in [2.05, 4.69) is 15.0 Å². The quantitative estimate of drug-likeness (QED) is 0.647. The molecule has 12 heteroatoms. The van der Waals surface area contributed by atoms with Crippen molar-refractivity contribution in [2.75, 3.05) is 13.1 Å². The average Bonchev–Trinajstić information content (AvgIpc) is 2.93. The molecule has 1 saturated heterocycles. The van der Waals surface area contributed by atoms with Crippen molar-refractivity contribution in [3.63, 3.8) is 0 Å². The van der Waals surface area contributed by atoms with Crippen molar-refractivity contribution in [3.8, 4) is 11.6 Å². The Kier molecular flexibility index (Phi) is 5.14. The lowest BCUT2D eigenvalue weighted by Crippen LogP contribution is -2.29. The number of alkyl halides is 6. The van der Waals surface area contributed by atoms with Gasteiger partial charge in [-0.3, -0.25) is 0 Å². The third-order valence-corrected chi connectivity index (χ3v) is 3.30. The van der Waals surface area contributed by atoms with Crippen LogP contribution in [0.1, 0.15) is 12.0 Å². The zero-order chi connectivity index (χ0) is 18.1. The molecule has 0 saturated carbocycles. The van der Waals surface area contributed by atoms with Crippen molar-refractivity contribution >= 4 is 17.6 Å². The van der Waals surface area contributed by atoms with Crippen LogP contribution in [-0.4, -0.2) is 36.3 Å². The first-order valence-electron chi connectivity index (χ1n) is 6.42. The van der Waals surface area contributed by atoms with Gasteiger partial charge in [0, 0.05) is 12.7 Å². The Balaban J connectivity index is 2.40. The van der Waals surface area contributed by atoms with Gasteiger partial charge in [-0.05, 0) is 13.0 Å². The monoisotopic (exact) mass is 378 g/mol. The molecule has 2 rings (SSSR count). The number of halogens is 7. The second-order valence-corrected chi connectivity index (χ2v) is 5.12. The maximum Gasteiger partial charge on any atom is 0.491 e. The summed E-state index contributed by atoms with van der Waals surface area (Å²) in [5.74, 6) is -4.89. The fourth-order valence-electron chi connectivity index (χ4n) is 1.87. The molecule has 1 unspecified atom stereocenters. The van der Waals surface area contributed by atoms with Gasteiger partial charge in [0.1, 0.15) is 16.7 Å². The Bertz CT molecular complexity index is 628. The van der Waals surface area contributed by atoms with Gasteiger partial charge in [0.05, 0.1) is 0 Å². The number of nitrogens with one attached hydrogen (secondary N) is 1. The number of aromatic nitrogens is 1. The molecular formula is C12H9ClF6N2O3. The summed E-state index contributed by atoms with van der Waals surface area (Å²) in [6.45, 7) is 0.940. The number of rotatable bonds is 3. The molecule has 1 aliphatic rings. The predicted molar refractivity (Wildman–Crippen MR) is 67.8 cm³/mol. The van der Waals surface area contributed by atoms with Crippen molar-refractivity contribution in [2.24, 2.45) is 0 Å². The molecule has 1 aromatic heterocycles. The highest BCUT2D eigenvalue weighted by molar-refractivity contribution is 6.33. The molecule has 0 aromatic carbocycles. The number of hydrogen-bond donors (Lipinski definition) is 1. The summed E-state index contributed by atoms with van der Waals surface area (Å²) in [6.07, 6.45) is -10.4. The zero-order valence-corrected chi connectivity index (χ0v) is 12.3. The summed E-state index contributed by atoms with van der Waals surface area (Å²) in [7, 11) is 0. The zero-order valence-electron chi connectivity index (χ0n) is 11.6. The van der Waals surface area contributed by atoms with Gasteiger partial charge in [-0.25, -0.2) is 9.78 Å². The normalized spacial score (nSPS) is 18.5. The van der Waals surface area contributed by atoms with Crippen LogP contribution in [0.3, 0.4) is 0 Å². The van der Waals surface area contributed by atoms with Crippen LogP contribution in [0, 0.1) is 0 Å². The van der Waals surface area contributed by atoms with Gasteiger partial charge in [0.25, 0.3) is 0 Å². The molecule has 1 N–H and O–H groups in total. The molecule has 0 radical (unpaired) electrons. The van der Waals surface area contributed by atoms with Crippen LogP contribution in [0.5, 0.6) is 11.6 Å². The topological polar surface area (TPSA) is 60.5 Å². The number of carbonyl (C=O) groups is 1. The van der Waals surface area contributed by atoms with E-state index in [-0.39, 0.29) is 6.20 Å². The number of ether oxygens (including phenoxy) is 2. The molecule has 5 nitrogen and oxygen atoms in total. The van der Waals surface area contributed by atoms with Gasteiger partial charge < -0.3 is 14.8 Å². The minimum atomic E-state index is -5.49. The molecule has 0 spiro atoms. The van der Waals surface area contributed by atoms with Crippen LogP contribution in [0.2, 0.25) is 5.02 Å². The van der Waals surface area contributed by atoms with Crippen LogP contribution in [-0.2, 0) is 11.0 Å². The summed E-state index contributed by atoms with van der Waals surface area (Å²) in [5, 5.41) is 1.94. The Morgan fingerprint density at radius 3 is 2.46 bits per heavy atom. The molecule has 0 aliphatic carbocycles. The average molecular weight is 379 g/mol. The SMILES string of the molecule is O=C(Oc1c(C(F)(F)F)cnc(OC2CCNC2)c1Cl)C(F)(F)F. The van der Waals surface area contributed by atoms with Crippen LogP contribution in [0.15, 0.2) is 6.20 Å². The van der Waals surface area contributed by atoms with Gasteiger partial charge in [-0.1, -0.05) is 11.6 Å². The van der Waals surface area contributed by atoms with E-state index < -0.39 is 46.6 Å². The number of nitrogens with zero attached hydrogens (tertiary/aromatic N) is 1. The van der Waals surface area contributed by atoms with Crippen LogP contribution in [0.4, 0.5) is 26.3 Å². The van der Waals surface area contributed by atoms with E-state index in [1.165, 1.54) is 0 Å². The molecule has 2 heterocycles. The number of carbonyl (C=O) groups excluding carboxylic acids is 1. The molecule has 1 atom stereocenters. The van der Waals surface area contributed by atoms with Crippen molar-refractivity contribution in [3.05, 3.63) is 16.8 Å². The van der Waals surface area contributed by atoms with E-state index in [0.29, 0.717) is 19.5 Å². The minimum Gasteiger partial charge on any atom is -0.472 e. The first kappa shape index (κ1) is 18.6. The smallest absolute Gasteiger partial charge is 0.472 e. The highest BCUT2D eigenvalue weighted by atomic mass is 35.5. The molecule has 1 aliphatic heterocycles. The fourth-order valence-corrected chi connectivity index (χ4v) is 2.11. The molecule has 1 fully saturated rings. The Morgan fingerprint density at radius 1 is 1.29 bits per heavy atom. The third kappa shape index (κ3) is 4.20. The summed E-state index contributed by atoms with van der Waals surface area (Å²) < 4.78 is 84.5. The van der Waals surface area contributed by atoms with Gasteiger partial charge in [-0.2, -0.15) is 26.3 Å². The Morgan fingerprint density at radius 2 is 1.96 bits per heavy atom. The lowest BCUT2D eigenvalue weighted by Gasteiger charge is -2.18. The van der Waals surface area contributed by atoms with Gasteiger partial charge >= 0.3 is 18.3 Å². The van der Waals surface area contributed by atoms with Crippen molar-refractivity contribution in [2.45, 2.75) is 24.9 Å². The van der Waals surface area contributed by atoms with Gasteiger partial charge in [-0.15, -0.1) is 0 Å². The molecule has 0 bridgehead atoms. The van der Waals surface area contributed by atoms with E-state index in [1.54, 1.807) is 0 Å².